The van der Waals surface area contributed by atoms with Crippen molar-refractivity contribution in [2.75, 3.05) is 18.5 Å². The summed E-state index contributed by atoms with van der Waals surface area (Å²) >= 11 is 17.8. The molecule has 0 radical (unpaired) electrons. The normalized spacial score (nSPS) is 17.3. The standard InChI is InChI=1S/C18H16Cl3N3O2/c19-12-3-1-11(2-4-12)16-8-18(26)24(10-22-16)9-17(25)23-15-6-5-13(20)7-14(15)21/h1-7,16,22H,8-10H2,(H,23,25). The summed E-state index contributed by atoms with van der Waals surface area (Å²) in [5.74, 6) is -0.421. The maximum absolute atomic E-state index is 12.4. The average Bonchev–Trinajstić information content (AvgIpc) is 2.60. The van der Waals surface area contributed by atoms with Gasteiger partial charge in [-0.3, -0.25) is 14.9 Å². The number of anilines is 1. The van der Waals surface area contributed by atoms with Crippen LogP contribution in [0.3, 0.4) is 0 Å². The minimum Gasteiger partial charge on any atom is -0.323 e. The highest BCUT2D eigenvalue weighted by molar-refractivity contribution is 6.36. The highest BCUT2D eigenvalue weighted by atomic mass is 35.5. The number of rotatable bonds is 4. The van der Waals surface area contributed by atoms with Crippen LogP contribution in [-0.4, -0.2) is 29.9 Å². The molecule has 1 aliphatic heterocycles. The Morgan fingerprint density at radius 3 is 2.46 bits per heavy atom. The second kappa shape index (κ2) is 8.27. The Balaban J connectivity index is 1.57. The van der Waals surface area contributed by atoms with Gasteiger partial charge in [-0.2, -0.15) is 0 Å². The molecular formula is C18H16Cl3N3O2. The Morgan fingerprint density at radius 2 is 1.81 bits per heavy atom. The Bertz CT molecular complexity index is 827. The van der Waals surface area contributed by atoms with Gasteiger partial charge in [0.1, 0.15) is 6.54 Å². The van der Waals surface area contributed by atoms with Gasteiger partial charge in [0, 0.05) is 22.5 Å². The summed E-state index contributed by atoms with van der Waals surface area (Å²) in [6.45, 7) is 0.228. The SMILES string of the molecule is O=C(CN1CNC(c2ccc(Cl)cc2)CC1=O)Nc1ccc(Cl)cc1Cl. The number of nitrogens with zero attached hydrogens (tertiary/aromatic N) is 1. The predicted octanol–water partition coefficient (Wildman–Crippen LogP) is 4.11. The molecule has 0 spiro atoms. The fourth-order valence-electron chi connectivity index (χ4n) is 2.71. The average molecular weight is 413 g/mol. The molecule has 2 amide bonds. The first kappa shape index (κ1) is 19.0. The molecule has 136 valence electrons. The third-order valence-corrected chi connectivity index (χ3v) is 4.87. The van der Waals surface area contributed by atoms with Crippen molar-refractivity contribution in [2.45, 2.75) is 12.5 Å². The van der Waals surface area contributed by atoms with Gasteiger partial charge in [-0.1, -0.05) is 46.9 Å². The van der Waals surface area contributed by atoms with Gasteiger partial charge in [0.2, 0.25) is 11.8 Å². The van der Waals surface area contributed by atoms with E-state index in [4.69, 9.17) is 34.8 Å². The van der Waals surface area contributed by atoms with E-state index in [2.05, 4.69) is 10.6 Å². The van der Waals surface area contributed by atoms with E-state index in [1.54, 1.807) is 30.3 Å². The molecule has 3 rings (SSSR count). The highest BCUT2D eigenvalue weighted by Crippen LogP contribution is 2.26. The van der Waals surface area contributed by atoms with E-state index in [-0.39, 0.29) is 37.5 Å². The van der Waals surface area contributed by atoms with Crippen LogP contribution in [0.15, 0.2) is 42.5 Å². The van der Waals surface area contributed by atoms with Crippen molar-refractivity contribution < 1.29 is 9.59 Å². The topological polar surface area (TPSA) is 61.4 Å². The van der Waals surface area contributed by atoms with Crippen molar-refractivity contribution in [3.05, 3.63) is 63.1 Å². The molecule has 1 atom stereocenters. The zero-order chi connectivity index (χ0) is 18.7. The molecule has 1 saturated heterocycles. The molecule has 1 fully saturated rings. The summed E-state index contributed by atoms with van der Waals surface area (Å²) in [6.07, 6.45) is 0.274. The fraction of sp³-hybridized carbons (Fsp3) is 0.222. The maximum atomic E-state index is 12.4. The number of amides is 2. The van der Waals surface area contributed by atoms with Crippen molar-refractivity contribution in [3.8, 4) is 0 Å². The Morgan fingerprint density at radius 1 is 1.12 bits per heavy atom. The summed E-state index contributed by atoms with van der Waals surface area (Å²) in [6, 6.07) is 12.1. The van der Waals surface area contributed by atoms with E-state index >= 15 is 0 Å². The molecule has 0 saturated carbocycles. The third kappa shape index (κ3) is 4.68. The van der Waals surface area contributed by atoms with Crippen molar-refractivity contribution in [1.82, 2.24) is 10.2 Å². The quantitative estimate of drug-likeness (QED) is 0.794. The lowest BCUT2D eigenvalue weighted by atomic mass is 10.0. The van der Waals surface area contributed by atoms with Crippen LogP contribution in [0.2, 0.25) is 15.1 Å². The molecular weight excluding hydrogens is 397 g/mol. The van der Waals surface area contributed by atoms with Crippen LogP contribution in [0, 0.1) is 0 Å². The molecule has 1 heterocycles. The summed E-state index contributed by atoms with van der Waals surface area (Å²) in [5, 5.41) is 7.43. The zero-order valence-corrected chi connectivity index (χ0v) is 15.9. The number of hydrogen-bond donors (Lipinski definition) is 2. The molecule has 2 aromatic rings. The first-order valence-electron chi connectivity index (χ1n) is 7.94. The zero-order valence-electron chi connectivity index (χ0n) is 13.6. The van der Waals surface area contributed by atoms with Crippen LogP contribution in [0.5, 0.6) is 0 Å². The fourth-order valence-corrected chi connectivity index (χ4v) is 3.29. The van der Waals surface area contributed by atoms with E-state index in [0.717, 1.165) is 5.56 Å². The van der Waals surface area contributed by atoms with Crippen LogP contribution >= 0.6 is 34.8 Å². The second-order valence-electron chi connectivity index (χ2n) is 5.93. The van der Waals surface area contributed by atoms with Gasteiger partial charge in [0.15, 0.2) is 0 Å². The first-order chi connectivity index (χ1) is 12.4. The smallest absolute Gasteiger partial charge is 0.244 e. The molecule has 1 unspecified atom stereocenters. The van der Waals surface area contributed by atoms with Gasteiger partial charge in [-0.25, -0.2) is 0 Å². The van der Waals surface area contributed by atoms with Gasteiger partial charge in [-0.05, 0) is 35.9 Å². The monoisotopic (exact) mass is 411 g/mol. The van der Waals surface area contributed by atoms with Crippen LogP contribution in [-0.2, 0) is 9.59 Å². The molecule has 8 heteroatoms. The molecule has 0 bridgehead atoms. The largest absolute Gasteiger partial charge is 0.323 e. The maximum Gasteiger partial charge on any atom is 0.244 e. The molecule has 2 N–H and O–H groups in total. The van der Waals surface area contributed by atoms with E-state index < -0.39 is 0 Å². The third-order valence-electron chi connectivity index (χ3n) is 4.07. The lowest BCUT2D eigenvalue weighted by Crippen LogP contribution is -2.49. The van der Waals surface area contributed by atoms with Crippen LogP contribution in [0.4, 0.5) is 5.69 Å². The molecule has 0 aromatic heterocycles. The lowest BCUT2D eigenvalue weighted by Gasteiger charge is -2.32. The molecule has 1 aliphatic rings. The van der Waals surface area contributed by atoms with Gasteiger partial charge in [0.25, 0.3) is 0 Å². The van der Waals surface area contributed by atoms with Gasteiger partial charge in [0.05, 0.1) is 17.4 Å². The molecule has 0 aliphatic carbocycles. The number of carbonyl (C=O) groups is 2. The number of nitrogens with one attached hydrogen (secondary N) is 2. The Labute approximate surface area is 166 Å². The number of halogens is 3. The van der Waals surface area contributed by atoms with E-state index in [0.29, 0.717) is 20.8 Å². The summed E-state index contributed by atoms with van der Waals surface area (Å²) in [5.41, 5.74) is 1.44. The molecule has 5 nitrogen and oxygen atoms in total. The Kier molecular flexibility index (Phi) is 6.04. The van der Waals surface area contributed by atoms with Crippen molar-refractivity contribution >= 4 is 52.3 Å². The number of benzene rings is 2. The van der Waals surface area contributed by atoms with Crippen LogP contribution in [0.1, 0.15) is 18.0 Å². The van der Waals surface area contributed by atoms with Crippen molar-refractivity contribution in [3.63, 3.8) is 0 Å². The van der Waals surface area contributed by atoms with Gasteiger partial charge >= 0.3 is 0 Å². The number of carbonyl (C=O) groups excluding carboxylic acids is 2. The summed E-state index contributed by atoms with van der Waals surface area (Å²) < 4.78 is 0. The number of hydrogen-bond acceptors (Lipinski definition) is 3. The lowest BCUT2D eigenvalue weighted by molar-refractivity contribution is -0.138. The molecule has 2 aromatic carbocycles. The minimum absolute atomic E-state index is 0.0574. The van der Waals surface area contributed by atoms with Gasteiger partial charge < -0.3 is 10.2 Å². The van der Waals surface area contributed by atoms with E-state index in [1.807, 2.05) is 12.1 Å². The highest BCUT2D eigenvalue weighted by Gasteiger charge is 2.27. The van der Waals surface area contributed by atoms with Crippen molar-refractivity contribution in [1.29, 1.82) is 0 Å². The Hall–Kier alpha value is -1.79. The first-order valence-corrected chi connectivity index (χ1v) is 9.07. The summed E-state index contributed by atoms with van der Waals surface area (Å²) in [4.78, 5) is 26.1. The molecule has 26 heavy (non-hydrogen) atoms. The van der Waals surface area contributed by atoms with Crippen LogP contribution < -0.4 is 10.6 Å². The van der Waals surface area contributed by atoms with Gasteiger partial charge in [-0.15, -0.1) is 0 Å². The van der Waals surface area contributed by atoms with Crippen molar-refractivity contribution in [2.24, 2.45) is 0 Å². The van der Waals surface area contributed by atoms with Crippen LogP contribution in [0.25, 0.3) is 0 Å². The summed E-state index contributed by atoms with van der Waals surface area (Å²) in [7, 11) is 0. The van der Waals surface area contributed by atoms with E-state index in [9.17, 15) is 9.59 Å². The predicted molar refractivity (Wildman–Crippen MR) is 104 cm³/mol. The second-order valence-corrected chi connectivity index (χ2v) is 7.21. The minimum atomic E-state index is -0.325. The van der Waals surface area contributed by atoms with E-state index in [1.165, 1.54) is 4.90 Å².